The largest absolute Gasteiger partial charge is 0.496 e. The summed E-state index contributed by atoms with van der Waals surface area (Å²) in [4.78, 5) is 15.2. The number of carbonyl (C=O) groups is 1. The van der Waals surface area contributed by atoms with E-state index in [1.807, 2.05) is 42.5 Å². The summed E-state index contributed by atoms with van der Waals surface area (Å²) in [5.41, 5.74) is 1.54. The average molecular weight is 421 g/mol. The lowest BCUT2D eigenvalue weighted by Gasteiger charge is -2.18. The Balaban J connectivity index is 1.58. The monoisotopic (exact) mass is 420 g/mol. The van der Waals surface area contributed by atoms with Crippen LogP contribution in [0.1, 0.15) is 53.5 Å². The molecule has 1 amide bonds. The quantitative estimate of drug-likeness (QED) is 0.618. The number of ether oxygens (including phenoxy) is 1. The molecule has 162 valence electrons. The van der Waals surface area contributed by atoms with E-state index < -0.39 is 6.04 Å². The normalized spacial score (nSPS) is 15.2. The Morgan fingerprint density at radius 3 is 2.48 bits per heavy atom. The first-order valence-electron chi connectivity index (χ1n) is 10.8. The number of methoxy groups -OCH3 is 1. The highest BCUT2D eigenvalue weighted by molar-refractivity contribution is 5.97. The molecule has 4 rings (SSSR count). The van der Waals surface area contributed by atoms with Gasteiger partial charge in [0.15, 0.2) is 0 Å². The van der Waals surface area contributed by atoms with Crippen molar-refractivity contribution in [2.24, 2.45) is 0 Å². The molecule has 1 aliphatic rings. The van der Waals surface area contributed by atoms with Gasteiger partial charge in [-0.1, -0.05) is 60.4 Å². The fourth-order valence-corrected chi connectivity index (χ4v) is 3.88. The standard InChI is InChI=1S/C24H28N4O3/c1-30-21-14-8-7-13-19(21)22(29)25-20(17-18-11-5-4-6-12-18)23-26-27-24(31-23)28-15-9-2-3-10-16-28/h4-8,11-14,20H,2-3,9-10,15-17H2,1H3,(H,25,29)/t20-/m0/s1. The number of hydrogen-bond donors (Lipinski definition) is 1. The van der Waals surface area contributed by atoms with Crippen LogP contribution in [-0.2, 0) is 6.42 Å². The van der Waals surface area contributed by atoms with Crippen LogP contribution in [0.25, 0.3) is 0 Å². The van der Waals surface area contributed by atoms with Gasteiger partial charge in [0.1, 0.15) is 11.8 Å². The lowest BCUT2D eigenvalue weighted by Crippen LogP contribution is -2.30. The van der Waals surface area contributed by atoms with E-state index in [0.29, 0.717) is 29.6 Å². The van der Waals surface area contributed by atoms with E-state index in [1.54, 1.807) is 19.2 Å². The second-order valence-electron chi connectivity index (χ2n) is 7.74. The fraction of sp³-hybridized carbons (Fsp3) is 0.375. The zero-order valence-corrected chi connectivity index (χ0v) is 17.8. The molecule has 1 aliphatic heterocycles. The van der Waals surface area contributed by atoms with Crippen LogP contribution < -0.4 is 15.0 Å². The van der Waals surface area contributed by atoms with Gasteiger partial charge in [-0.15, -0.1) is 5.10 Å². The van der Waals surface area contributed by atoms with Crippen molar-refractivity contribution < 1.29 is 13.9 Å². The van der Waals surface area contributed by atoms with E-state index in [1.165, 1.54) is 12.8 Å². The minimum Gasteiger partial charge on any atom is -0.496 e. The average Bonchev–Trinajstić information content (AvgIpc) is 3.14. The van der Waals surface area contributed by atoms with Crippen LogP contribution in [0.5, 0.6) is 5.75 Å². The number of benzene rings is 2. The van der Waals surface area contributed by atoms with E-state index >= 15 is 0 Å². The Kier molecular flexibility index (Phi) is 6.82. The molecule has 31 heavy (non-hydrogen) atoms. The summed E-state index contributed by atoms with van der Waals surface area (Å²) in [5, 5.41) is 11.7. The summed E-state index contributed by atoms with van der Waals surface area (Å²) in [6.45, 7) is 1.83. The Bertz CT molecular complexity index is 981. The zero-order valence-electron chi connectivity index (χ0n) is 17.8. The van der Waals surface area contributed by atoms with Crippen LogP contribution in [0, 0.1) is 0 Å². The predicted molar refractivity (Wildman–Crippen MR) is 118 cm³/mol. The molecule has 3 aromatic rings. The number of nitrogens with zero attached hydrogens (tertiary/aromatic N) is 3. The molecular formula is C24H28N4O3. The maximum absolute atomic E-state index is 13.1. The van der Waals surface area contributed by atoms with Crippen LogP contribution in [0.4, 0.5) is 6.01 Å². The third kappa shape index (κ3) is 5.23. The summed E-state index contributed by atoms with van der Waals surface area (Å²) >= 11 is 0. The molecule has 0 aliphatic carbocycles. The number of rotatable bonds is 7. The fourth-order valence-electron chi connectivity index (χ4n) is 3.88. The molecule has 1 aromatic heterocycles. The highest BCUT2D eigenvalue weighted by atomic mass is 16.5. The van der Waals surface area contributed by atoms with Crippen LogP contribution >= 0.6 is 0 Å². The van der Waals surface area contributed by atoms with Gasteiger partial charge in [0, 0.05) is 19.5 Å². The third-order valence-electron chi connectivity index (χ3n) is 5.54. The van der Waals surface area contributed by atoms with E-state index in [2.05, 4.69) is 20.4 Å². The molecule has 0 saturated carbocycles. The molecule has 1 saturated heterocycles. The first-order chi connectivity index (χ1) is 15.2. The van der Waals surface area contributed by atoms with Gasteiger partial charge >= 0.3 is 6.01 Å². The van der Waals surface area contributed by atoms with Crippen molar-refractivity contribution in [3.05, 3.63) is 71.6 Å². The molecule has 1 atom stereocenters. The summed E-state index contributed by atoms with van der Waals surface area (Å²) < 4.78 is 11.4. The van der Waals surface area contributed by atoms with Gasteiger partial charge in [0.25, 0.3) is 5.91 Å². The van der Waals surface area contributed by atoms with Gasteiger partial charge in [-0.2, -0.15) is 0 Å². The lowest BCUT2D eigenvalue weighted by molar-refractivity contribution is 0.0927. The van der Waals surface area contributed by atoms with Gasteiger partial charge < -0.3 is 19.4 Å². The summed E-state index contributed by atoms with van der Waals surface area (Å²) in [5.74, 6) is 0.688. The topological polar surface area (TPSA) is 80.5 Å². The number of hydrogen-bond acceptors (Lipinski definition) is 6. The van der Waals surface area contributed by atoms with Crippen molar-refractivity contribution in [2.75, 3.05) is 25.1 Å². The maximum Gasteiger partial charge on any atom is 0.318 e. The van der Waals surface area contributed by atoms with Gasteiger partial charge in [-0.25, -0.2) is 0 Å². The minimum atomic E-state index is -0.451. The summed E-state index contributed by atoms with van der Waals surface area (Å²) in [7, 11) is 1.55. The molecule has 0 unspecified atom stereocenters. The molecule has 0 bridgehead atoms. The molecule has 1 N–H and O–H groups in total. The van der Waals surface area contributed by atoms with E-state index in [4.69, 9.17) is 9.15 Å². The van der Waals surface area contributed by atoms with Crippen molar-refractivity contribution in [1.82, 2.24) is 15.5 Å². The Morgan fingerprint density at radius 1 is 1.03 bits per heavy atom. The number of anilines is 1. The van der Waals surface area contributed by atoms with Crippen molar-refractivity contribution >= 4 is 11.9 Å². The summed E-state index contributed by atoms with van der Waals surface area (Å²) in [6, 6.07) is 17.2. The number of aromatic nitrogens is 2. The van der Waals surface area contributed by atoms with Gasteiger partial charge in [0.2, 0.25) is 5.89 Å². The SMILES string of the molecule is COc1ccccc1C(=O)N[C@@H](Cc1ccccc1)c1nnc(N2CCCCCC2)o1. The van der Waals surface area contributed by atoms with Crippen LogP contribution in [0.15, 0.2) is 59.0 Å². The van der Waals surface area contributed by atoms with Crippen molar-refractivity contribution in [3.63, 3.8) is 0 Å². The van der Waals surface area contributed by atoms with Crippen LogP contribution in [0.3, 0.4) is 0 Å². The maximum atomic E-state index is 13.1. The lowest BCUT2D eigenvalue weighted by atomic mass is 10.1. The summed E-state index contributed by atoms with van der Waals surface area (Å²) in [6.07, 6.45) is 5.24. The Labute approximate surface area is 182 Å². The molecule has 2 heterocycles. The number of para-hydroxylation sites is 1. The van der Waals surface area contributed by atoms with Gasteiger partial charge in [-0.3, -0.25) is 4.79 Å². The minimum absolute atomic E-state index is 0.243. The molecule has 7 heteroatoms. The number of amides is 1. The van der Waals surface area contributed by atoms with E-state index in [9.17, 15) is 4.79 Å². The molecule has 2 aromatic carbocycles. The van der Waals surface area contributed by atoms with E-state index in [0.717, 1.165) is 31.5 Å². The zero-order chi connectivity index (χ0) is 21.5. The first kappa shape index (κ1) is 20.9. The molecule has 7 nitrogen and oxygen atoms in total. The third-order valence-corrected chi connectivity index (χ3v) is 5.54. The predicted octanol–water partition coefficient (Wildman–Crippen LogP) is 4.17. The second-order valence-corrected chi connectivity index (χ2v) is 7.74. The molecule has 0 radical (unpaired) electrons. The highest BCUT2D eigenvalue weighted by Crippen LogP contribution is 2.25. The van der Waals surface area contributed by atoms with Crippen LogP contribution in [-0.4, -0.2) is 36.3 Å². The number of nitrogens with one attached hydrogen (secondary N) is 1. The van der Waals surface area contributed by atoms with E-state index in [-0.39, 0.29) is 5.91 Å². The number of carbonyl (C=O) groups excluding carboxylic acids is 1. The van der Waals surface area contributed by atoms with Gasteiger partial charge in [0.05, 0.1) is 12.7 Å². The Hall–Kier alpha value is -3.35. The highest BCUT2D eigenvalue weighted by Gasteiger charge is 2.25. The molecular weight excluding hydrogens is 392 g/mol. The Morgan fingerprint density at radius 2 is 1.74 bits per heavy atom. The van der Waals surface area contributed by atoms with Crippen molar-refractivity contribution in [2.45, 2.75) is 38.1 Å². The van der Waals surface area contributed by atoms with Gasteiger partial charge in [-0.05, 0) is 30.5 Å². The van der Waals surface area contributed by atoms with Crippen LogP contribution in [0.2, 0.25) is 0 Å². The second kappa shape index (κ2) is 10.1. The van der Waals surface area contributed by atoms with Crippen molar-refractivity contribution in [1.29, 1.82) is 0 Å². The smallest absolute Gasteiger partial charge is 0.318 e. The van der Waals surface area contributed by atoms with Crippen molar-refractivity contribution in [3.8, 4) is 5.75 Å². The molecule has 1 fully saturated rings. The molecule has 0 spiro atoms. The first-order valence-corrected chi connectivity index (χ1v) is 10.8.